The SMILES string of the molecule is COc1ccccc1OCC(=O)NC(=S)NNC(=O)COc1ccc(Br)cc1Br. The second kappa shape index (κ2) is 11.6. The normalized spacial score (nSPS) is 9.90. The van der Waals surface area contributed by atoms with Gasteiger partial charge in [0.05, 0.1) is 11.6 Å². The van der Waals surface area contributed by atoms with Crippen molar-refractivity contribution in [3.63, 3.8) is 0 Å². The first-order valence-electron chi connectivity index (χ1n) is 8.11. The van der Waals surface area contributed by atoms with Crippen LogP contribution in [0.2, 0.25) is 0 Å². The van der Waals surface area contributed by atoms with Crippen LogP contribution < -0.4 is 30.4 Å². The average molecular weight is 547 g/mol. The number of carbonyl (C=O) groups excluding carboxylic acids is 2. The van der Waals surface area contributed by atoms with Gasteiger partial charge < -0.3 is 14.2 Å². The van der Waals surface area contributed by atoms with Crippen molar-refractivity contribution < 1.29 is 23.8 Å². The summed E-state index contributed by atoms with van der Waals surface area (Å²) in [6.07, 6.45) is 0. The topological polar surface area (TPSA) is 97.9 Å². The number of amides is 2. The lowest BCUT2D eigenvalue weighted by molar-refractivity contribution is -0.124. The minimum absolute atomic E-state index is 0.0863. The lowest BCUT2D eigenvalue weighted by atomic mass is 10.3. The number of hydrogen-bond acceptors (Lipinski definition) is 6. The summed E-state index contributed by atoms with van der Waals surface area (Å²) in [7, 11) is 1.50. The van der Waals surface area contributed by atoms with E-state index in [0.29, 0.717) is 21.7 Å². The van der Waals surface area contributed by atoms with E-state index in [4.69, 9.17) is 26.4 Å². The van der Waals surface area contributed by atoms with Gasteiger partial charge in [-0.05, 0) is 58.5 Å². The molecule has 0 spiro atoms. The second-order valence-electron chi connectivity index (χ2n) is 5.35. The largest absolute Gasteiger partial charge is 0.493 e. The summed E-state index contributed by atoms with van der Waals surface area (Å²) >= 11 is 11.6. The van der Waals surface area contributed by atoms with E-state index in [1.54, 1.807) is 42.5 Å². The van der Waals surface area contributed by atoms with Crippen molar-refractivity contribution in [2.24, 2.45) is 0 Å². The van der Waals surface area contributed by atoms with Crippen molar-refractivity contribution in [3.8, 4) is 17.2 Å². The molecule has 29 heavy (non-hydrogen) atoms. The van der Waals surface area contributed by atoms with Gasteiger partial charge in [0.1, 0.15) is 5.75 Å². The molecule has 2 amide bonds. The molecule has 3 N–H and O–H groups in total. The highest BCUT2D eigenvalue weighted by Gasteiger charge is 2.10. The van der Waals surface area contributed by atoms with Gasteiger partial charge in [-0.1, -0.05) is 28.1 Å². The van der Waals surface area contributed by atoms with E-state index >= 15 is 0 Å². The molecule has 2 aromatic rings. The minimum atomic E-state index is -0.502. The fourth-order valence-corrected chi connectivity index (χ4v) is 3.30. The molecule has 0 aliphatic carbocycles. The molecule has 0 saturated heterocycles. The third kappa shape index (κ3) is 7.87. The summed E-state index contributed by atoms with van der Waals surface area (Å²) in [6.45, 7) is -0.530. The van der Waals surface area contributed by atoms with E-state index in [0.717, 1.165) is 4.47 Å². The zero-order valence-corrected chi connectivity index (χ0v) is 19.1. The van der Waals surface area contributed by atoms with Crippen LogP contribution in [0.4, 0.5) is 0 Å². The number of ether oxygens (including phenoxy) is 3. The summed E-state index contributed by atoms with van der Waals surface area (Å²) in [5, 5.41) is 2.29. The van der Waals surface area contributed by atoms with Crippen LogP contribution in [0.3, 0.4) is 0 Å². The Balaban J connectivity index is 1.69. The molecule has 0 unspecified atom stereocenters. The van der Waals surface area contributed by atoms with E-state index in [-0.39, 0.29) is 18.3 Å². The molecule has 0 radical (unpaired) electrons. The van der Waals surface area contributed by atoms with E-state index < -0.39 is 11.8 Å². The first kappa shape index (κ1) is 22.9. The number of rotatable bonds is 7. The highest BCUT2D eigenvalue weighted by atomic mass is 79.9. The summed E-state index contributed by atoms with van der Waals surface area (Å²) in [4.78, 5) is 23.7. The number of benzene rings is 2. The first-order valence-corrected chi connectivity index (χ1v) is 10.1. The number of nitrogens with one attached hydrogen (secondary N) is 3. The monoisotopic (exact) mass is 545 g/mol. The smallest absolute Gasteiger partial charge is 0.276 e. The van der Waals surface area contributed by atoms with E-state index in [1.807, 2.05) is 0 Å². The minimum Gasteiger partial charge on any atom is -0.493 e. The van der Waals surface area contributed by atoms with Gasteiger partial charge in [0, 0.05) is 4.47 Å². The molecule has 0 aliphatic heterocycles. The Labute approximate surface area is 189 Å². The predicted molar refractivity (Wildman–Crippen MR) is 118 cm³/mol. The maximum Gasteiger partial charge on any atom is 0.276 e. The molecule has 0 atom stereocenters. The van der Waals surface area contributed by atoms with E-state index in [2.05, 4.69) is 48.0 Å². The fourth-order valence-electron chi connectivity index (χ4n) is 1.97. The molecule has 0 heterocycles. The van der Waals surface area contributed by atoms with E-state index in [9.17, 15) is 9.59 Å². The Morgan fingerprint density at radius 2 is 1.59 bits per heavy atom. The molecule has 0 aromatic heterocycles. The van der Waals surface area contributed by atoms with E-state index in [1.165, 1.54) is 7.11 Å². The van der Waals surface area contributed by atoms with Crippen molar-refractivity contribution in [1.82, 2.24) is 16.2 Å². The lowest BCUT2D eigenvalue weighted by Crippen LogP contribution is -2.50. The third-order valence-corrected chi connectivity index (χ3v) is 4.57. The van der Waals surface area contributed by atoms with Crippen LogP contribution in [0.1, 0.15) is 0 Å². The molecule has 2 rings (SSSR count). The Morgan fingerprint density at radius 1 is 0.931 bits per heavy atom. The highest BCUT2D eigenvalue weighted by molar-refractivity contribution is 9.11. The lowest BCUT2D eigenvalue weighted by Gasteiger charge is -2.13. The van der Waals surface area contributed by atoms with Crippen LogP contribution in [0.5, 0.6) is 17.2 Å². The summed E-state index contributed by atoms with van der Waals surface area (Å²) in [5.74, 6) is 0.450. The molecule has 2 aromatic carbocycles. The highest BCUT2D eigenvalue weighted by Crippen LogP contribution is 2.28. The molecule has 154 valence electrons. The van der Waals surface area contributed by atoms with Gasteiger partial charge >= 0.3 is 0 Å². The molecular weight excluding hydrogens is 530 g/mol. The Bertz CT molecular complexity index is 898. The fraction of sp³-hybridized carbons (Fsp3) is 0.167. The number of hydrogen-bond donors (Lipinski definition) is 3. The maximum absolute atomic E-state index is 11.9. The van der Waals surface area contributed by atoms with Gasteiger partial charge in [-0.3, -0.25) is 25.8 Å². The van der Waals surface area contributed by atoms with Gasteiger partial charge in [0.25, 0.3) is 11.8 Å². The van der Waals surface area contributed by atoms with Crippen molar-refractivity contribution in [2.75, 3.05) is 20.3 Å². The number of halogens is 2. The van der Waals surface area contributed by atoms with Crippen LogP contribution in [-0.2, 0) is 9.59 Å². The number of para-hydroxylation sites is 2. The Morgan fingerprint density at radius 3 is 2.28 bits per heavy atom. The van der Waals surface area contributed by atoms with Gasteiger partial charge in [-0.15, -0.1) is 0 Å². The molecule has 0 aliphatic rings. The van der Waals surface area contributed by atoms with Gasteiger partial charge in [-0.25, -0.2) is 0 Å². The second-order valence-corrected chi connectivity index (χ2v) is 7.53. The number of hydrazine groups is 1. The summed E-state index contributed by atoms with van der Waals surface area (Å²) < 4.78 is 17.5. The quantitative estimate of drug-likeness (QED) is 0.363. The van der Waals surface area contributed by atoms with Crippen LogP contribution >= 0.6 is 44.1 Å². The van der Waals surface area contributed by atoms with Crippen molar-refractivity contribution >= 4 is 61.0 Å². The molecule has 0 saturated carbocycles. The Kier molecular flexibility index (Phi) is 9.16. The summed E-state index contributed by atoms with van der Waals surface area (Å²) in [5.41, 5.74) is 4.74. The van der Waals surface area contributed by atoms with Crippen LogP contribution in [0, 0.1) is 0 Å². The molecule has 0 fully saturated rings. The van der Waals surface area contributed by atoms with Crippen molar-refractivity contribution in [1.29, 1.82) is 0 Å². The van der Waals surface area contributed by atoms with Crippen LogP contribution in [0.25, 0.3) is 0 Å². The molecule has 0 bridgehead atoms. The maximum atomic E-state index is 11.9. The first-order chi connectivity index (χ1) is 13.9. The van der Waals surface area contributed by atoms with Gasteiger partial charge in [-0.2, -0.15) is 0 Å². The van der Waals surface area contributed by atoms with Crippen molar-refractivity contribution in [2.45, 2.75) is 0 Å². The van der Waals surface area contributed by atoms with Crippen LogP contribution in [0.15, 0.2) is 51.4 Å². The van der Waals surface area contributed by atoms with Gasteiger partial charge in [0.2, 0.25) is 0 Å². The molecule has 11 heteroatoms. The standard InChI is InChI=1S/C18H17Br2N3O5S/c1-26-14-4-2-3-5-15(14)28-9-16(24)21-18(29)23-22-17(25)10-27-13-7-6-11(19)8-12(13)20/h2-8H,9-10H2,1H3,(H,22,25)(H2,21,23,24,29). The molecular formula is C18H17Br2N3O5S. The molecule has 8 nitrogen and oxygen atoms in total. The average Bonchev–Trinajstić information content (AvgIpc) is 2.70. The number of methoxy groups -OCH3 is 1. The summed E-state index contributed by atoms with van der Waals surface area (Å²) in [6, 6.07) is 12.2. The number of thiocarbonyl (C=S) groups is 1. The van der Waals surface area contributed by atoms with Crippen LogP contribution in [-0.4, -0.2) is 37.3 Å². The predicted octanol–water partition coefficient (Wildman–Crippen LogP) is 2.70. The zero-order chi connectivity index (χ0) is 21.2. The van der Waals surface area contributed by atoms with Crippen molar-refractivity contribution in [3.05, 3.63) is 51.4 Å². The number of carbonyl (C=O) groups is 2. The zero-order valence-electron chi connectivity index (χ0n) is 15.2. The van der Waals surface area contributed by atoms with Gasteiger partial charge in [0.15, 0.2) is 29.8 Å². The third-order valence-electron chi connectivity index (χ3n) is 3.25. The Hall–Kier alpha value is -2.37.